The molecule has 0 aliphatic carbocycles. The number of anilines is 2. The maximum absolute atomic E-state index is 12.8. The number of benzene rings is 1. The van der Waals surface area contributed by atoms with Gasteiger partial charge in [0.15, 0.2) is 0 Å². The summed E-state index contributed by atoms with van der Waals surface area (Å²) in [6.07, 6.45) is 4.54. The van der Waals surface area contributed by atoms with E-state index < -0.39 is 0 Å². The summed E-state index contributed by atoms with van der Waals surface area (Å²) in [5.74, 6) is 1.02. The fourth-order valence-electron chi connectivity index (χ4n) is 3.67. The van der Waals surface area contributed by atoms with E-state index in [9.17, 15) is 4.79 Å². The van der Waals surface area contributed by atoms with Crippen LogP contribution in [0.15, 0.2) is 36.7 Å². The number of carbonyl (C=O) groups is 1. The summed E-state index contributed by atoms with van der Waals surface area (Å²) in [4.78, 5) is 26.4. The molecule has 3 aromatic rings. The van der Waals surface area contributed by atoms with Crippen LogP contribution < -0.4 is 10.2 Å². The monoisotopic (exact) mass is 380 g/mol. The predicted molar refractivity (Wildman–Crippen MR) is 112 cm³/mol. The van der Waals surface area contributed by atoms with Crippen molar-refractivity contribution in [3.63, 3.8) is 0 Å². The van der Waals surface area contributed by atoms with Crippen molar-refractivity contribution in [2.75, 3.05) is 23.3 Å². The molecule has 1 N–H and O–H groups in total. The van der Waals surface area contributed by atoms with Crippen LogP contribution in [-0.2, 0) is 11.2 Å². The van der Waals surface area contributed by atoms with Gasteiger partial charge in [-0.1, -0.05) is 19.1 Å². The topological polar surface area (TPSA) is 58.1 Å². The van der Waals surface area contributed by atoms with Crippen LogP contribution in [0.4, 0.5) is 11.5 Å². The van der Waals surface area contributed by atoms with E-state index in [1.54, 1.807) is 17.7 Å². The Morgan fingerprint density at radius 1 is 1.33 bits per heavy atom. The van der Waals surface area contributed by atoms with Gasteiger partial charge in [0.25, 0.3) is 0 Å². The number of hydrogen-bond acceptors (Lipinski definition) is 5. The molecule has 2 aromatic heterocycles. The largest absolute Gasteiger partial charge is 0.355 e. The number of aromatic nitrogens is 2. The number of aryl methyl sites for hydroxylation is 2. The number of piperidine rings is 1. The second kappa shape index (κ2) is 7.64. The maximum Gasteiger partial charge on any atom is 0.229 e. The van der Waals surface area contributed by atoms with Gasteiger partial charge in [0.2, 0.25) is 5.91 Å². The number of nitrogens with one attached hydrogen (secondary N) is 1. The molecule has 3 heterocycles. The lowest BCUT2D eigenvalue weighted by Crippen LogP contribution is -2.41. The minimum absolute atomic E-state index is 0.0337. The first-order valence-electron chi connectivity index (χ1n) is 9.50. The Labute approximate surface area is 163 Å². The number of hydrogen-bond donors (Lipinski definition) is 1. The van der Waals surface area contributed by atoms with Crippen LogP contribution in [0, 0.1) is 12.8 Å². The normalized spacial score (nSPS) is 17.3. The Hall–Kier alpha value is -2.47. The van der Waals surface area contributed by atoms with E-state index in [2.05, 4.69) is 33.2 Å². The van der Waals surface area contributed by atoms with Crippen molar-refractivity contribution in [2.24, 2.45) is 5.92 Å². The van der Waals surface area contributed by atoms with Crippen LogP contribution in [0.3, 0.4) is 0 Å². The summed E-state index contributed by atoms with van der Waals surface area (Å²) in [5, 5.41) is 4.19. The van der Waals surface area contributed by atoms with Crippen LogP contribution >= 0.6 is 11.3 Å². The van der Waals surface area contributed by atoms with Crippen LogP contribution in [0.1, 0.15) is 30.2 Å². The van der Waals surface area contributed by atoms with Gasteiger partial charge in [-0.2, -0.15) is 0 Å². The Kier molecular flexibility index (Phi) is 5.07. The zero-order valence-corrected chi connectivity index (χ0v) is 16.6. The lowest BCUT2D eigenvalue weighted by molar-refractivity contribution is -0.120. The van der Waals surface area contributed by atoms with E-state index in [-0.39, 0.29) is 11.8 Å². The van der Waals surface area contributed by atoms with Gasteiger partial charge in [-0.15, -0.1) is 11.3 Å². The molecule has 0 unspecified atom stereocenters. The SMILES string of the molecule is CCc1cc2c(N3CCC[C@H](C(=O)Nc4cccc(C)c4)C3)ncnc2s1. The molecule has 1 atom stereocenters. The second-order valence-electron chi connectivity index (χ2n) is 7.13. The summed E-state index contributed by atoms with van der Waals surface area (Å²) < 4.78 is 0. The van der Waals surface area contributed by atoms with Crippen molar-refractivity contribution in [3.05, 3.63) is 47.1 Å². The van der Waals surface area contributed by atoms with Crippen molar-refractivity contribution < 1.29 is 4.79 Å². The number of amides is 1. The van der Waals surface area contributed by atoms with Crippen molar-refractivity contribution in [1.82, 2.24) is 9.97 Å². The molecule has 1 aliphatic rings. The number of rotatable bonds is 4. The summed E-state index contributed by atoms with van der Waals surface area (Å²) in [5.41, 5.74) is 2.01. The van der Waals surface area contributed by atoms with E-state index in [1.165, 1.54) is 4.88 Å². The van der Waals surface area contributed by atoms with E-state index in [1.807, 2.05) is 31.2 Å². The highest BCUT2D eigenvalue weighted by atomic mass is 32.1. The first-order chi connectivity index (χ1) is 13.1. The fraction of sp³-hybridized carbons (Fsp3) is 0.381. The van der Waals surface area contributed by atoms with Gasteiger partial charge < -0.3 is 10.2 Å². The van der Waals surface area contributed by atoms with Gasteiger partial charge in [0, 0.05) is 23.7 Å². The molecule has 1 saturated heterocycles. The van der Waals surface area contributed by atoms with Gasteiger partial charge in [-0.25, -0.2) is 9.97 Å². The van der Waals surface area contributed by atoms with Crippen molar-refractivity contribution in [1.29, 1.82) is 0 Å². The smallest absolute Gasteiger partial charge is 0.229 e. The fourth-order valence-corrected chi connectivity index (χ4v) is 4.60. The van der Waals surface area contributed by atoms with Crippen LogP contribution in [0.5, 0.6) is 0 Å². The lowest BCUT2D eigenvalue weighted by atomic mass is 9.96. The minimum Gasteiger partial charge on any atom is -0.355 e. The van der Waals surface area contributed by atoms with E-state index in [4.69, 9.17) is 0 Å². The Morgan fingerprint density at radius 2 is 2.22 bits per heavy atom. The molecule has 140 valence electrons. The molecule has 27 heavy (non-hydrogen) atoms. The van der Waals surface area contributed by atoms with Crippen LogP contribution in [-0.4, -0.2) is 29.0 Å². The van der Waals surface area contributed by atoms with Gasteiger partial charge in [-0.3, -0.25) is 4.79 Å². The Balaban J connectivity index is 1.53. The van der Waals surface area contributed by atoms with Gasteiger partial charge in [-0.05, 0) is 49.9 Å². The van der Waals surface area contributed by atoms with Crippen molar-refractivity contribution in [3.8, 4) is 0 Å². The molecule has 0 saturated carbocycles. The zero-order valence-electron chi connectivity index (χ0n) is 15.7. The third-order valence-electron chi connectivity index (χ3n) is 5.09. The molecule has 1 aromatic carbocycles. The van der Waals surface area contributed by atoms with E-state index in [0.717, 1.165) is 53.1 Å². The van der Waals surface area contributed by atoms with Gasteiger partial charge in [0.1, 0.15) is 17.0 Å². The molecule has 4 rings (SSSR count). The summed E-state index contributed by atoms with van der Waals surface area (Å²) in [6, 6.07) is 10.1. The highest BCUT2D eigenvalue weighted by molar-refractivity contribution is 7.18. The predicted octanol–water partition coefficient (Wildman–Crippen LogP) is 4.42. The lowest BCUT2D eigenvalue weighted by Gasteiger charge is -2.33. The number of nitrogens with zero attached hydrogens (tertiary/aromatic N) is 3. The van der Waals surface area contributed by atoms with Crippen LogP contribution in [0.2, 0.25) is 0 Å². The van der Waals surface area contributed by atoms with E-state index in [0.29, 0.717) is 6.54 Å². The minimum atomic E-state index is -0.0337. The molecule has 1 aliphatic heterocycles. The Morgan fingerprint density at radius 3 is 3.04 bits per heavy atom. The standard InChI is InChI=1S/C21H24N4OS/c1-3-17-11-18-19(22-13-23-21(18)27-17)25-9-5-7-15(12-25)20(26)24-16-8-4-6-14(2)10-16/h4,6,8,10-11,13,15H,3,5,7,9,12H2,1-2H3,(H,24,26)/t15-/m0/s1. The zero-order chi connectivity index (χ0) is 18.8. The van der Waals surface area contributed by atoms with Crippen molar-refractivity contribution >= 4 is 39.0 Å². The van der Waals surface area contributed by atoms with E-state index >= 15 is 0 Å². The molecule has 1 amide bonds. The maximum atomic E-state index is 12.8. The number of fused-ring (bicyclic) bond motifs is 1. The molecular formula is C21H24N4OS. The summed E-state index contributed by atoms with van der Waals surface area (Å²) in [7, 11) is 0. The Bertz CT molecular complexity index is 968. The second-order valence-corrected chi connectivity index (χ2v) is 8.24. The summed E-state index contributed by atoms with van der Waals surface area (Å²) >= 11 is 1.73. The highest BCUT2D eigenvalue weighted by Gasteiger charge is 2.28. The van der Waals surface area contributed by atoms with Gasteiger partial charge in [0.05, 0.1) is 11.3 Å². The quantitative estimate of drug-likeness (QED) is 0.728. The van der Waals surface area contributed by atoms with Crippen LogP contribution in [0.25, 0.3) is 10.2 Å². The molecule has 1 fully saturated rings. The molecular weight excluding hydrogens is 356 g/mol. The summed E-state index contributed by atoms with van der Waals surface area (Å²) in [6.45, 7) is 5.81. The average molecular weight is 381 g/mol. The molecule has 0 spiro atoms. The first kappa shape index (κ1) is 17.9. The molecule has 0 radical (unpaired) electrons. The number of thiophene rings is 1. The molecule has 0 bridgehead atoms. The first-order valence-corrected chi connectivity index (χ1v) is 10.3. The average Bonchev–Trinajstić information content (AvgIpc) is 3.11. The third kappa shape index (κ3) is 3.81. The number of carbonyl (C=O) groups excluding carboxylic acids is 1. The third-order valence-corrected chi connectivity index (χ3v) is 6.27. The van der Waals surface area contributed by atoms with Crippen molar-refractivity contribution in [2.45, 2.75) is 33.1 Å². The highest BCUT2D eigenvalue weighted by Crippen LogP contribution is 2.32. The van der Waals surface area contributed by atoms with Gasteiger partial charge >= 0.3 is 0 Å². The molecule has 6 heteroatoms. The molecule has 5 nitrogen and oxygen atoms in total.